The van der Waals surface area contributed by atoms with Crippen LogP contribution >= 0.6 is 0 Å². The molecule has 1 aromatic heterocycles. The van der Waals surface area contributed by atoms with Gasteiger partial charge in [-0.1, -0.05) is 0 Å². The van der Waals surface area contributed by atoms with Crippen LogP contribution in [0.1, 0.15) is 23.5 Å². The molecule has 0 saturated carbocycles. The molecule has 0 aromatic carbocycles. The summed E-state index contributed by atoms with van der Waals surface area (Å²) in [5, 5.41) is 8.49. The Bertz CT molecular complexity index is 323. The number of hydrogen-bond donors (Lipinski definition) is 1. The molecule has 0 fully saturated rings. The van der Waals surface area contributed by atoms with Gasteiger partial charge in [-0.2, -0.15) is 0 Å². The molecule has 0 unspecified atom stereocenters. The predicted octanol–water partition coefficient (Wildman–Crippen LogP) is 1.11. The van der Waals surface area contributed by atoms with E-state index in [4.69, 9.17) is 5.11 Å². The van der Waals surface area contributed by atoms with E-state index in [1.54, 1.807) is 13.1 Å². The van der Waals surface area contributed by atoms with Gasteiger partial charge >= 0.3 is 5.97 Å². The maximum atomic E-state index is 10.3. The quantitative estimate of drug-likeness (QED) is 0.756. The molecule has 0 aliphatic carbocycles. The van der Waals surface area contributed by atoms with Crippen molar-refractivity contribution in [3.8, 4) is 0 Å². The number of hydrogen-bond acceptors (Lipinski definition) is 3. The van der Waals surface area contributed by atoms with Crippen molar-refractivity contribution in [1.29, 1.82) is 0 Å². The molecule has 0 aliphatic heterocycles. The van der Waals surface area contributed by atoms with E-state index in [1.165, 1.54) is 0 Å². The highest BCUT2D eigenvalue weighted by atomic mass is 16.4. The summed E-state index contributed by atoms with van der Waals surface area (Å²) in [5.74, 6) is -0.110. The van der Waals surface area contributed by atoms with Crippen LogP contribution in [0.25, 0.3) is 0 Å². The van der Waals surface area contributed by atoms with E-state index in [9.17, 15) is 4.79 Å². The molecule has 0 amide bonds. The van der Waals surface area contributed by atoms with Gasteiger partial charge in [0.25, 0.3) is 0 Å². The van der Waals surface area contributed by atoms with Gasteiger partial charge in [0.15, 0.2) is 0 Å². The summed E-state index contributed by atoms with van der Waals surface area (Å²) in [4.78, 5) is 18.5. The minimum Gasteiger partial charge on any atom is -0.481 e. The van der Waals surface area contributed by atoms with Crippen LogP contribution in [0.5, 0.6) is 0 Å². The number of aromatic nitrogens is 2. The molecule has 1 rings (SSSR count). The third kappa shape index (κ3) is 2.82. The fourth-order valence-electron chi connectivity index (χ4n) is 1.06. The summed E-state index contributed by atoms with van der Waals surface area (Å²) >= 11 is 0. The number of carbonyl (C=O) groups is 1. The third-order valence-corrected chi connectivity index (χ3v) is 1.77. The largest absolute Gasteiger partial charge is 0.481 e. The topological polar surface area (TPSA) is 63.1 Å². The van der Waals surface area contributed by atoms with Crippen LogP contribution in [-0.4, -0.2) is 21.0 Å². The van der Waals surface area contributed by atoms with Crippen molar-refractivity contribution in [2.45, 2.75) is 26.7 Å². The monoisotopic (exact) mass is 180 g/mol. The Morgan fingerprint density at radius 3 is 2.85 bits per heavy atom. The molecule has 13 heavy (non-hydrogen) atoms. The zero-order chi connectivity index (χ0) is 9.84. The molecule has 0 atom stereocenters. The first-order valence-corrected chi connectivity index (χ1v) is 4.10. The van der Waals surface area contributed by atoms with E-state index in [0.29, 0.717) is 12.2 Å². The van der Waals surface area contributed by atoms with Gasteiger partial charge in [-0.05, 0) is 19.4 Å². The van der Waals surface area contributed by atoms with E-state index in [0.717, 1.165) is 11.3 Å². The average Bonchev–Trinajstić information content (AvgIpc) is 2.06. The number of aryl methyl sites for hydroxylation is 3. The molecular formula is C9H12N2O2. The number of carboxylic acids is 1. The van der Waals surface area contributed by atoms with E-state index < -0.39 is 5.97 Å². The van der Waals surface area contributed by atoms with Gasteiger partial charge in [-0.3, -0.25) is 4.79 Å². The summed E-state index contributed by atoms with van der Waals surface area (Å²) in [7, 11) is 0. The molecule has 0 spiro atoms. The maximum Gasteiger partial charge on any atom is 0.303 e. The third-order valence-electron chi connectivity index (χ3n) is 1.77. The molecule has 4 heteroatoms. The molecule has 0 saturated heterocycles. The predicted molar refractivity (Wildman–Crippen MR) is 47.5 cm³/mol. The fourth-order valence-corrected chi connectivity index (χ4v) is 1.06. The highest BCUT2D eigenvalue weighted by Gasteiger charge is 2.04. The van der Waals surface area contributed by atoms with Crippen LogP contribution in [0.15, 0.2) is 6.20 Å². The van der Waals surface area contributed by atoms with Gasteiger partial charge in [0.1, 0.15) is 5.82 Å². The van der Waals surface area contributed by atoms with Gasteiger partial charge in [-0.25, -0.2) is 9.97 Å². The lowest BCUT2D eigenvalue weighted by molar-refractivity contribution is -0.136. The number of carboxylic acid groups (broad SMARTS) is 1. The molecule has 4 nitrogen and oxygen atoms in total. The summed E-state index contributed by atoms with van der Waals surface area (Å²) in [6.45, 7) is 3.68. The number of rotatable bonds is 3. The average molecular weight is 180 g/mol. The molecule has 1 heterocycles. The van der Waals surface area contributed by atoms with Crippen molar-refractivity contribution in [2.75, 3.05) is 0 Å². The zero-order valence-electron chi connectivity index (χ0n) is 7.74. The lowest BCUT2D eigenvalue weighted by atomic mass is 10.1. The molecular weight excluding hydrogens is 168 g/mol. The van der Waals surface area contributed by atoms with Crippen molar-refractivity contribution in [3.05, 3.63) is 23.3 Å². The standard InChI is InChI=1S/C9H12N2O2/c1-6-5-10-7(2)11-8(6)3-4-9(12)13/h5H,3-4H2,1-2H3,(H,12,13). The Balaban J connectivity index is 2.75. The normalized spacial score (nSPS) is 10.0. The second kappa shape index (κ2) is 3.98. The summed E-state index contributed by atoms with van der Waals surface area (Å²) in [5.41, 5.74) is 1.78. The summed E-state index contributed by atoms with van der Waals surface area (Å²) < 4.78 is 0. The molecule has 0 radical (unpaired) electrons. The lowest BCUT2D eigenvalue weighted by Gasteiger charge is -2.02. The zero-order valence-corrected chi connectivity index (χ0v) is 7.74. The van der Waals surface area contributed by atoms with Crippen LogP contribution in [0.2, 0.25) is 0 Å². The number of aliphatic carboxylic acids is 1. The first-order chi connectivity index (χ1) is 6.09. The van der Waals surface area contributed by atoms with Gasteiger partial charge in [-0.15, -0.1) is 0 Å². The molecule has 0 bridgehead atoms. The molecule has 70 valence electrons. The van der Waals surface area contributed by atoms with Gasteiger partial charge in [0.2, 0.25) is 0 Å². The second-order valence-corrected chi connectivity index (χ2v) is 2.94. The minimum absolute atomic E-state index is 0.122. The first kappa shape index (κ1) is 9.64. The lowest BCUT2D eigenvalue weighted by Crippen LogP contribution is -2.03. The van der Waals surface area contributed by atoms with Crippen LogP contribution < -0.4 is 0 Å². The molecule has 1 N–H and O–H groups in total. The summed E-state index contributed by atoms with van der Waals surface area (Å²) in [6, 6.07) is 0. The Hall–Kier alpha value is -1.45. The van der Waals surface area contributed by atoms with Gasteiger partial charge in [0.05, 0.1) is 6.42 Å². The molecule has 1 aromatic rings. The Morgan fingerprint density at radius 1 is 1.54 bits per heavy atom. The van der Waals surface area contributed by atoms with E-state index in [-0.39, 0.29) is 6.42 Å². The fraction of sp³-hybridized carbons (Fsp3) is 0.444. The van der Waals surface area contributed by atoms with E-state index in [1.807, 2.05) is 6.92 Å². The Labute approximate surface area is 76.7 Å². The van der Waals surface area contributed by atoms with Crippen molar-refractivity contribution >= 4 is 5.97 Å². The van der Waals surface area contributed by atoms with Gasteiger partial charge in [0, 0.05) is 18.3 Å². The highest BCUT2D eigenvalue weighted by molar-refractivity contribution is 5.67. The van der Waals surface area contributed by atoms with Crippen molar-refractivity contribution < 1.29 is 9.90 Å². The number of nitrogens with zero attached hydrogens (tertiary/aromatic N) is 2. The van der Waals surface area contributed by atoms with E-state index >= 15 is 0 Å². The van der Waals surface area contributed by atoms with Gasteiger partial charge < -0.3 is 5.11 Å². The van der Waals surface area contributed by atoms with Crippen molar-refractivity contribution in [1.82, 2.24) is 9.97 Å². The van der Waals surface area contributed by atoms with Crippen molar-refractivity contribution in [3.63, 3.8) is 0 Å². The molecule has 0 aliphatic rings. The van der Waals surface area contributed by atoms with Crippen LogP contribution in [-0.2, 0) is 11.2 Å². The Morgan fingerprint density at radius 2 is 2.23 bits per heavy atom. The highest BCUT2D eigenvalue weighted by Crippen LogP contribution is 2.06. The van der Waals surface area contributed by atoms with Crippen LogP contribution in [0.4, 0.5) is 0 Å². The van der Waals surface area contributed by atoms with Crippen LogP contribution in [0.3, 0.4) is 0 Å². The first-order valence-electron chi connectivity index (χ1n) is 4.10. The summed E-state index contributed by atoms with van der Waals surface area (Å²) in [6.07, 6.45) is 2.32. The van der Waals surface area contributed by atoms with E-state index in [2.05, 4.69) is 9.97 Å². The van der Waals surface area contributed by atoms with Crippen LogP contribution in [0, 0.1) is 13.8 Å². The second-order valence-electron chi connectivity index (χ2n) is 2.94. The van der Waals surface area contributed by atoms with Crippen molar-refractivity contribution in [2.24, 2.45) is 0 Å². The maximum absolute atomic E-state index is 10.3. The SMILES string of the molecule is Cc1ncc(C)c(CCC(=O)O)n1. The smallest absolute Gasteiger partial charge is 0.303 e. The Kier molecular flexibility index (Phi) is 2.95. The minimum atomic E-state index is -0.796.